The fraction of sp³-hybridized carbons (Fsp3) is 0.667. The lowest BCUT2D eigenvalue weighted by Crippen LogP contribution is -2.58. The largest absolute Gasteiger partial charge is 0.354 e. The molecule has 1 aromatic heterocycles. The molecule has 0 spiro atoms. The maximum Gasteiger partial charge on any atom is 0.128 e. The van der Waals surface area contributed by atoms with Crippen molar-refractivity contribution in [1.82, 2.24) is 9.88 Å². The van der Waals surface area contributed by atoms with Gasteiger partial charge in [0.05, 0.1) is 0 Å². The standard InChI is InChI=1S/C15H26N4/c1-3-7-15(2,13-16)19-11-9-18(10-12-19)14-6-4-5-8-17-14/h4-6,8H,3,7,9-13,16H2,1-2H3. The van der Waals surface area contributed by atoms with Gasteiger partial charge in [-0.1, -0.05) is 19.4 Å². The van der Waals surface area contributed by atoms with E-state index in [1.807, 2.05) is 12.3 Å². The Morgan fingerprint density at radius 1 is 1.26 bits per heavy atom. The normalized spacial score (nSPS) is 20.3. The van der Waals surface area contributed by atoms with Crippen molar-refractivity contribution >= 4 is 5.82 Å². The number of hydrogen-bond donors (Lipinski definition) is 1. The molecule has 0 radical (unpaired) electrons. The number of nitrogens with zero attached hydrogens (tertiary/aromatic N) is 3. The Balaban J connectivity index is 1.95. The van der Waals surface area contributed by atoms with E-state index < -0.39 is 0 Å². The zero-order chi connectivity index (χ0) is 13.7. The van der Waals surface area contributed by atoms with Crippen molar-refractivity contribution < 1.29 is 0 Å². The summed E-state index contributed by atoms with van der Waals surface area (Å²) in [5, 5.41) is 0. The van der Waals surface area contributed by atoms with Crippen molar-refractivity contribution in [2.24, 2.45) is 5.73 Å². The van der Waals surface area contributed by atoms with E-state index in [0.29, 0.717) is 0 Å². The van der Waals surface area contributed by atoms with Crippen LogP contribution in [0.5, 0.6) is 0 Å². The van der Waals surface area contributed by atoms with Crippen LogP contribution in [-0.4, -0.2) is 48.1 Å². The van der Waals surface area contributed by atoms with E-state index in [9.17, 15) is 0 Å². The highest BCUT2D eigenvalue weighted by molar-refractivity contribution is 5.38. The van der Waals surface area contributed by atoms with Crippen molar-refractivity contribution in [1.29, 1.82) is 0 Å². The quantitative estimate of drug-likeness (QED) is 0.877. The highest BCUT2D eigenvalue weighted by Gasteiger charge is 2.32. The zero-order valence-electron chi connectivity index (χ0n) is 12.2. The lowest BCUT2D eigenvalue weighted by atomic mass is 9.93. The van der Waals surface area contributed by atoms with Crippen LogP contribution in [0.2, 0.25) is 0 Å². The highest BCUT2D eigenvalue weighted by atomic mass is 15.3. The fourth-order valence-corrected chi connectivity index (χ4v) is 2.94. The van der Waals surface area contributed by atoms with Gasteiger partial charge in [-0.25, -0.2) is 4.98 Å². The van der Waals surface area contributed by atoms with Gasteiger partial charge >= 0.3 is 0 Å². The molecular weight excluding hydrogens is 236 g/mol. The summed E-state index contributed by atoms with van der Waals surface area (Å²) in [6.07, 6.45) is 4.23. The Labute approximate surface area is 116 Å². The highest BCUT2D eigenvalue weighted by Crippen LogP contribution is 2.23. The zero-order valence-corrected chi connectivity index (χ0v) is 12.2. The maximum atomic E-state index is 6.00. The second-order valence-corrected chi connectivity index (χ2v) is 5.61. The second-order valence-electron chi connectivity index (χ2n) is 5.61. The predicted molar refractivity (Wildman–Crippen MR) is 80.4 cm³/mol. The van der Waals surface area contributed by atoms with Crippen LogP contribution in [0.3, 0.4) is 0 Å². The van der Waals surface area contributed by atoms with E-state index in [1.54, 1.807) is 0 Å². The van der Waals surface area contributed by atoms with Gasteiger partial charge in [0.1, 0.15) is 5.82 Å². The molecule has 1 unspecified atom stereocenters. The van der Waals surface area contributed by atoms with Gasteiger partial charge in [0, 0.05) is 44.5 Å². The summed E-state index contributed by atoms with van der Waals surface area (Å²) >= 11 is 0. The number of nitrogens with two attached hydrogens (primary N) is 1. The molecule has 0 aliphatic carbocycles. The summed E-state index contributed by atoms with van der Waals surface area (Å²) in [5.41, 5.74) is 6.16. The molecule has 1 aliphatic heterocycles. The van der Waals surface area contributed by atoms with Gasteiger partial charge in [-0.2, -0.15) is 0 Å². The summed E-state index contributed by atoms with van der Waals surface area (Å²) < 4.78 is 0. The molecule has 4 heteroatoms. The molecule has 4 nitrogen and oxygen atoms in total. The monoisotopic (exact) mass is 262 g/mol. The first-order valence-electron chi connectivity index (χ1n) is 7.31. The Morgan fingerprint density at radius 3 is 2.53 bits per heavy atom. The summed E-state index contributed by atoms with van der Waals surface area (Å²) in [6, 6.07) is 6.10. The Hall–Kier alpha value is -1.13. The summed E-state index contributed by atoms with van der Waals surface area (Å²) in [5.74, 6) is 1.09. The third-order valence-electron chi connectivity index (χ3n) is 4.24. The van der Waals surface area contributed by atoms with Crippen LogP contribution in [0.15, 0.2) is 24.4 Å². The van der Waals surface area contributed by atoms with Crippen molar-refractivity contribution in [3.05, 3.63) is 24.4 Å². The molecular formula is C15H26N4. The van der Waals surface area contributed by atoms with Gasteiger partial charge in [-0.3, -0.25) is 4.90 Å². The molecule has 1 atom stereocenters. The average Bonchev–Trinajstić information content (AvgIpc) is 2.48. The van der Waals surface area contributed by atoms with Gasteiger partial charge in [0.15, 0.2) is 0 Å². The van der Waals surface area contributed by atoms with Crippen LogP contribution in [0.25, 0.3) is 0 Å². The second kappa shape index (κ2) is 6.35. The minimum absolute atomic E-state index is 0.158. The lowest BCUT2D eigenvalue weighted by molar-refractivity contribution is 0.0933. The topological polar surface area (TPSA) is 45.4 Å². The van der Waals surface area contributed by atoms with Crippen molar-refractivity contribution in [3.8, 4) is 0 Å². The van der Waals surface area contributed by atoms with Crippen LogP contribution in [0, 0.1) is 0 Å². The first-order valence-corrected chi connectivity index (χ1v) is 7.31. The predicted octanol–water partition coefficient (Wildman–Crippen LogP) is 1.72. The number of hydrogen-bond acceptors (Lipinski definition) is 4. The number of piperazine rings is 1. The third kappa shape index (κ3) is 3.25. The molecule has 0 amide bonds. The lowest BCUT2D eigenvalue weighted by Gasteiger charge is -2.45. The number of anilines is 1. The van der Waals surface area contributed by atoms with E-state index in [0.717, 1.165) is 38.5 Å². The van der Waals surface area contributed by atoms with Crippen LogP contribution in [-0.2, 0) is 0 Å². The SMILES string of the molecule is CCCC(C)(CN)N1CCN(c2ccccn2)CC1. The summed E-state index contributed by atoms with van der Waals surface area (Å²) in [7, 11) is 0. The number of rotatable bonds is 5. The molecule has 2 heterocycles. The molecule has 106 valence electrons. The van der Waals surface area contributed by atoms with E-state index in [1.165, 1.54) is 12.8 Å². The first-order chi connectivity index (χ1) is 9.19. The molecule has 1 saturated heterocycles. The van der Waals surface area contributed by atoms with Crippen LogP contribution >= 0.6 is 0 Å². The molecule has 1 fully saturated rings. The first kappa shape index (κ1) is 14.3. The Kier molecular flexibility index (Phi) is 4.77. The van der Waals surface area contributed by atoms with Crippen molar-refractivity contribution in [3.63, 3.8) is 0 Å². The molecule has 1 aromatic rings. The fourth-order valence-electron chi connectivity index (χ4n) is 2.94. The van der Waals surface area contributed by atoms with Gasteiger partial charge in [-0.15, -0.1) is 0 Å². The van der Waals surface area contributed by atoms with Gasteiger partial charge < -0.3 is 10.6 Å². The third-order valence-corrected chi connectivity index (χ3v) is 4.24. The molecule has 2 rings (SSSR count). The van der Waals surface area contributed by atoms with Gasteiger partial charge in [0.25, 0.3) is 0 Å². The molecule has 19 heavy (non-hydrogen) atoms. The Bertz CT molecular complexity index is 373. The summed E-state index contributed by atoms with van der Waals surface area (Å²) in [4.78, 5) is 9.34. The molecule has 0 bridgehead atoms. The smallest absolute Gasteiger partial charge is 0.128 e. The molecule has 2 N–H and O–H groups in total. The van der Waals surface area contributed by atoms with E-state index >= 15 is 0 Å². The maximum absolute atomic E-state index is 6.00. The van der Waals surface area contributed by atoms with Gasteiger partial charge in [0.2, 0.25) is 0 Å². The minimum Gasteiger partial charge on any atom is -0.354 e. The minimum atomic E-state index is 0.158. The molecule has 1 aliphatic rings. The molecule has 0 aromatic carbocycles. The van der Waals surface area contributed by atoms with E-state index in [-0.39, 0.29) is 5.54 Å². The summed E-state index contributed by atoms with van der Waals surface area (Å²) in [6.45, 7) is 9.50. The van der Waals surface area contributed by atoms with Crippen molar-refractivity contribution in [2.45, 2.75) is 32.2 Å². The average molecular weight is 262 g/mol. The Morgan fingerprint density at radius 2 is 2.00 bits per heavy atom. The van der Waals surface area contributed by atoms with Crippen LogP contribution in [0.4, 0.5) is 5.82 Å². The van der Waals surface area contributed by atoms with Gasteiger partial charge in [-0.05, 0) is 25.5 Å². The number of aromatic nitrogens is 1. The van der Waals surface area contributed by atoms with Crippen LogP contribution < -0.4 is 10.6 Å². The van der Waals surface area contributed by atoms with E-state index in [2.05, 4.69) is 40.8 Å². The molecule has 0 saturated carbocycles. The van der Waals surface area contributed by atoms with E-state index in [4.69, 9.17) is 5.73 Å². The number of pyridine rings is 1. The van der Waals surface area contributed by atoms with Crippen LogP contribution in [0.1, 0.15) is 26.7 Å². The van der Waals surface area contributed by atoms with Crippen molar-refractivity contribution in [2.75, 3.05) is 37.6 Å².